The molecule has 0 spiro atoms. The largest absolute Gasteiger partial charge is 0.305 e. The van der Waals surface area contributed by atoms with Gasteiger partial charge in [-0.25, -0.2) is 0 Å². The number of nitrogens with zero attached hydrogens (tertiary/aromatic N) is 2. The van der Waals surface area contributed by atoms with Crippen molar-refractivity contribution in [2.24, 2.45) is 0 Å². The second-order valence-electron chi connectivity index (χ2n) is 4.81. The number of aromatic amines is 1. The molecule has 1 aromatic heterocycles. The summed E-state index contributed by atoms with van der Waals surface area (Å²) in [6.45, 7) is 8.12. The summed E-state index contributed by atoms with van der Waals surface area (Å²) in [4.78, 5) is 2.54. The van der Waals surface area contributed by atoms with Gasteiger partial charge in [0.05, 0.1) is 5.69 Å². The summed E-state index contributed by atoms with van der Waals surface area (Å²) in [7, 11) is 0. The van der Waals surface area contributed by atoms with E-state index in [1.165, 1.54) is 25.9 Å². The van der Waals surface area contributed by atoms with Gasteiger partial charge in [-0.2, -0.15) is 5.10 Å². The molecule has 1 aliphatic heterocycles. The van der Waals surface area contributed by atoms with E-state index < -0.39 is 0 Å². The van der Waals surface area contributed by atoms with Crippen molar-refractivity contribution in [1.82, 2.24) is 20.4 Å². The molecule has 0 amide bonds. The highest BCUT2D eigenvalue weighted by Gasteiger charge is 2.16. The van der Waals surface area contributed by atoms with Crippen LogP contribution in [0.5, 0.6) is 0 Å². The van der Waals surface area contributed by atoms with Crippen LogP contribution in [0.4, 0.5) is 0 Å². The number of H-pyrrole nitrogens is 1. The second-order valence-corrected chi connectivity index (χ2v) is 4.81. The summed E-state index contributed by atoms with van der Waals surface area (Å²) in [5.41, 5.74) is 1.16. The molecule has 4 nitrogen and oxygen atoms in total. The van der Waals surface area contributed by atoms with E-state index in [0.717, 1.165) is 12.2 Å². The van der Waals surface area contributed by atoms with Crippen LogP contribution in [-0.2, 0) is 0 Å². The SMILES string of the molecule is CC(CN1CCCC1)NC(C)c1ccn[nH]1. The summed E-state index contributed by atoms with van der Waals surface area (Å²) in [5.74, 6) is 0. The average molecular weight is 222 g/mol. The number of nitrogens with one attached hydrogen (secondary N) is 2. The zero-order valence-electron chi connectivity index (χ0n) is 10.2. The minimum Gasteiger partial charge on any atom is -0.305 e. The van der Waals surface area contributed by atoms with Gasteiger partial charge in [-0.15, -0.1) is 0 Å². The van der Waals surface area contributed by atoms with Crippen molar-refractivity contribution in [1.29, 1.82) is 0 Å². The van der Waals surface area contributed by atoms with Gasteiger partial charge < -0.3 is 10.2 Å². The lowest BCUT2D eigenvalue weighted by Crippen LogP contribution is -2.39. The number of hydrogen-bond acceptors (Lipinski definition) is 3. The zero-order valence-corrected chi connectivity index (χ0v) is 10.2. The molecule has 2 N–H and O–H groups in total. The number of hydrogen-bond donors (Lipinski definition) is 2. The molecule has 2 rings (SSSR count). The summed E-state index contributed by atoms with van der Waals surface area (Å²) in [5, 5.41) is 10.6. The Morgan fingerprint density at radius 2 is 2.19 bits per heavy atom. The van der Waals surface area contributed by atoms with E-state index in [9.17, 15) is 0 Å². The molecule has 0 saturated carbocycles. The topological polar surface area (TPSA) is 44.0 Å². The summed E-state index contributed by atoms with van der Waals surface area (Å²) < 4.78 is 0. The van der Waals surface area contributed by atoms with Crippen LogP contribution in [0.3, 0.4) is 0 Å². The van der Waals surface area contributed by atoms with Crippen LogP contribution in [0, 0.1) is 0 Å². The maximum atomic E-state index is 3.98. The van der Waals surface area contributed by atoms with Gasteiger partial charge in [-0.1, -0.05) is 0 Å². The zero-order chi connectivity index (χ0) is 11.4. The average Bonchev–Trinajstić information content (AvgIpc) is 2.88. The third-order valence-corrected chi connectivity index (χ3v) is 3.25. The number of rotatable bonds is 5. The molecule has 2 heterocycles. The molecule has 1 fully saturated rings. The minimum atomic E-state index is 0.347. The van der Waals surface area contributed by atoms with E-state index in [4.69, 9.17) is 0 Å². The van der Waals surface area contributed by atoms with Gasteiger partial charge in [0, 0.05) is 24.8 Å². The van der Waals surface area contributed by atoms with Gasteiger partial charge in [0.2, 0.25) is 0 Å². The van der Waals surface area contributed by atoms with Crippen molar-refractivity contribution in [2.45, 2.75) is 38.8 Å². The van der Waals surface area contributed by atoms with Crippen LogP contribution in [0.2, 0.25) is 0 Å². The Labute approximate surface area is 97.4 Å². The normalized spacial score (nSPS) is 21.1. The summed E-state index contributed by atoms with van der Waals surface area (Å²) in [6, 6.07) is 2.90. The van der Waals surface area contributed by atoms with Crippen molar-refractivity contribution in [2.75, 3.05) is 19.6 Å². The van der Waals surface area contributed by atoms with Crippen molar-refractivity contribution < 1.29 is 0 Å². The van der Waals surface area contributed by atoms with E-state index >= 15 is 0 Å². The van der Waals surface area contributed by atoms with Crippen molar-refractivity contribution >= 4 is 0 Å². The first kappa shape index (κ1) is 11.6. The van der Waals surface area contributed by atoms with Crippen molar-refractivity contribution in [3.63, 3.8) is 0 Å². The monoisotopic (exact) mass is 222 g/mol. The maximum absolute atomic E-state index is 3.98. The quantitative estimate of drug-likeness (QED) is 0.794. The van der Waals surface area contributed by atoms with Crippen LogP contribution in [0.25, 0.3) is 0 Å². The van der Waals surface area contributed by atoms with Crippen LogP contribution >= 0.6 is 0 Å². The van der Waals surface area contributed by atoms with Crippen LogP contribution in [0.15, 0.2) is 12.3 Å². The minimum absolute atomic E-state index is 0.347. The predicted molar refractivity (Wildman–Crippen MR) is 65.3 cm³/mol. The van der Waals surface area contributed by atoms with Crippen molar-refractivity contribution in [3.05, 3.63) is 18.0 Å². The molecule has 1 aromatic rings. The molecule has 2 unspecified atom stereocenters. The third kappa shape index (κ3) is 3.06. The Hall–Kier alpha value is -0.870. The first-order chi connectivity index (χ1) is 7.75. The Morgan fingerprint density at radius 1 is 1.44 bits per heavy atom. The molecule has 0 bridgehead atoms. The first-order valence-corrected chi connectivity index (χ1v) is 6.23. The summed E-state index contributed by atoms with van der Waals surface area (Å²) >= 11 is 0. The fourth-order valence-corrected chi connectivity index (χ4v) is 2.43. The van der Waals surface area contributed by atoms with Gasteiger partial charge >= 0.3 is 0 Å². The lowest BCUT2D eigenvalue weighted by atomic mass is 10.2. The third-order valence-electron chi connectivity index (χ3n) is 3.25. The smallest absolute Gasteiger partial charge is 0.0518 e. The van der Waals surface area contributed by atoms with Gasteiger partial charge in [-0.05, 0) is 45.8 Å². The first-order valence-electron chi connectivity index (χ1n) is 6.23. The second kappa shape index (κ2) is 5.46. The fourth-order valence-electron chi connectivity index (χ4n) is 2.43. The lowest BCUT2D eigenvalue weighted by molar-refractivity contribution is 0.288. The molecule has 1 aliphatic rings. The predicted octanol–water partition coefficient (Wildman–Crippen LogP) is 1.54. The molecule has 2 atom stereocenters. The molecular formula is C12H22N4. The fraction of sp³-hybridized carbons (Fsp3) is 0.750. The summed E-state index contributed by atoms with van der Waals surface area (Å²) in [6.07, 6.45) is 4.53. The van der Waals surface area contributed by atoms with Crippen LogP contribution in [-0.4, -0.2) is 40.8 Å². The molecular weight excluding hydrogens is 200 g/mol. The van der Waals surface area contributed by atoms with Gasteiger partial charge in [0.1, 0.15) is 0 Å². The van der Waals surface area contributed by atoms with Crippen LogP contribution in [0.1, 0.15) is 38.4 Å². The maximum Gasteiger partial charge on any atom is 0.0518 e. The molecule has 0 aromatic carbocycles. The molecule has 0 aliphatic carbocycles. The molecule has 0 radical (unpaired) electrons. The number of aromatic nitrogens is 2. The molecule has 16 heavy (non-hydrogen) atoms. The highest BCUT2D eigenvalue weighted by atomic mass is 15.2. The molecule has 4 heteroatoms. The van der Waals surface area contributed by atoms with E-state index in [-0.39, 0.29) is 0 Å². The standard InChI is InChI=1S/C12H22N4/c1-10(9-16-7-3-4-8-16)14-11(2)12-5-6-13-15-12/h5-6,10-11,14H,3-4,7-9H2,1-2H3,(H,13,15). The Bertz CT molecular complexity index is 290. The highest BCUT2D eigenvalue weighted by Crippen LogP contribution is 2.11. The van der Waals surface area contributed by atoms with Gasteiger partial charge in [-0.3, -0.25) is 5.10 Å². The van der Waals surface area contributed by atoms with Crippen LogP contribution < -0.4 is 5.32 Å². The van der Waals surface area contributed by atoms with E-state index in [2.05, 4.69) is 34.3 Å². The molecule has 90 valence electrons. The highest BCUT2D eigenvalue weighted by molar-refractivity contribution is 5.03. The van der Waals surface area contributed by atoms with E-state index in [1.807, 2.05) is 6.07 Å². The van der Waals surface area contributed by atoms with E-state index in [0.29, 0.717) is 12.1 Å². The van der Waals surface area contributed by atoms with Gasteiger partial charge in [0.15, 0.2) is 0 Å². The Kier molecular flexibility index (Phi) is 3.96. The van der Waals surface area contributed by atoms with Crippen molar-refractivity contribution in [3.8, 4) is 0 Å². The number of likely N-dealkylation sites (tertiary alicyclic amines) is 1. The Balaban J connectivity index is 1.75. The molecule has 1 saturated heterocycles. The van der Waals surface area contributed by atoms with E-state index in [1.54, 1.807) is 6.20 Å². The Morgan fingerprint density at radius 3 is 2.81 bits per heavy atom. The van der Waals surface area contributed by atoms with Gasteiger partial charge in [0.25, 0.3) is 0 Å². The lowest BCUT2D eigenvalue weighted by Gasteiger charge is -2.24.